The maximum atomic E-state index is 13.2. The topological polar surface area (TPSA) is 66.5 Å². The van der Waals surface area contributed by atoms with E-state index in [0.29, 0.717) is 47.4 Å². The van der Waals surface area contributed by atoms with Gasteiger partial charge in [-0.15, -0.1) is 0 Å². The molecule has 0 spiro atoms. The van der Waals surface area contributed by atoms with E-state index in [9.17, 15) is 4.79 Å². The molecule has 5 rings (SSSR count). The van der Waals surface area contributed by atoms with Crippen LogP contribution in [0.3, 0.4) is 0 Å². The molecule has 2 aliphatic heterocycles. The van der Waals surface area contributed by atoms with E-state index in [-0.39, 0.29) is 11.5 Å². The Balaban J connectivity index is 1.43. The summed E-state index contributed by atoms with van der Waals surface area (Å²) in [6.45, 7) is 3.91. The van der Waals surface area contributed by atoms with Crippen LogP contribution in [0.15, 0.2) is 54.3 Å². The highest BCUT2D eigenvalue weighted by Gasteiger charge is 2.33. The van der Waals surface area contributed by atoms with Gasteiger partial charge < -0.3 is 23.7 Å². The fourth-order valence-electron chi connectivity index (χ4n) is 4.39. The van der Waals surface area contributed by atoms with Crippen molar-refractivity contribution in [2.45, 2.75) is 20.0 Å². The zero-order valence-electron chi connectivity index (χ0n) is 20.2. The molecule has 180 valence electrons. The molecular weight excluding hydrogens is 446 g/mol. The number of Topliss-reactive ketones (excluding diaryl/α,β-unsaturated/α-hetero) is 1. The smallest absolute Gasteiger partial charge is 0.231 e. The first-order valence-electron chi connectivity index (χ1n) is 11.3. The minimum Gasteiger partial charge on any atom is -0.493 e. The van der Waals surface area contributed by atoms with Crippen molar-refractivity contribution in [3.63, 3.8) is 0 Å². The van der Waals surface area contributed by atoms with Crippen molar-refractivity contribution in [3.05, 3.63) is 82.1 Å². The summed E-state index contributed by atoms with van der Waals surface area (Å²) in [6, 6.07) is 15.6. The number of fused-ring (bicyclic) bond motifs is 3. The van der Waals surface area contributed by atoms with Crippen molar-refractivity contribution in [2.24, 2.45) is 0 Å². The van der Waals surface area contributed by atoms with Gasteiger partial charge >= 0.3 is 0 Å². The van der Waals surface area contributed by atoms with Gasteiger partial charge in [-0.3, -0.25) is 9.69 Å². The molecule has 0 N–H and O–H groups in total. The molecule has 0 fully saturated rings. The average Bonchev–Trinajstić information content (AvgIpc) is 3.20. The summed E-state index contributed by atoms with van der Waals surface area (Å²) in [4.78, 5) is 15.4. The largest absolute Gasteiger partial charge is 0.493 e. The fraction of sp³-hybridized carbons (Fsp3) is 0.250. The predicted octanol–water partition coefficient (Wildman–Crippen LogP) is 4.99. The molecular formula is C28H27NO6. The Bertz CT molecular complexity index is 1290. The molecule has 3 aromatic carbocycles. The number of benzene rings is 3. The Labute approximate surface area is 204 Å². The molecule has 0 atom stereocenters. The van der Waals surface area contributed by atoms with Gasteiger partial charge in [-0.05, 0) is 48.4 Å². The van der Waals surface area contributed by atoms with Crippen molar-refractivity contribution in [1.82, 2.24) is 4.90 Å². The third kappa shape index (κ3) is 4.31. The lowest BCUT2D eigenvalue weighted by atomic mass is 10.0. The number of hydrogen-bond acceptors (Lipinski definition) is 7. The number of rotatable bonds is 6. The number of carbonyl (C=O) groups is 1. The third-order valence-corrected chi connectivity index (χ3v) is 6.19. The first-order valence-corrected chi connectivity index (χ1v) is 11.3. The van der Waals surface area contributed by atoms with E-state index in [1.165, 1.54) is 11.1 Å². The Hall–Kier alpha value is -3.97. The number of methoxy groups -OCH3 is 3. The Morgan fingerprint density at radius 3 is 2.34 bits per heavy atom. The first kappa shape index (κ1) is 22.8. The number of hydrogen-bond donors (Lipinski definition) is 0. The third-order valence-electron chi connectivity index (χ3n) is 6.19. The summed E-state index contributed by atoms with van der Waals surface area (Å²) in [5.41, 5.74) is 4.54. The second kappa shape index (κ2) is 9.35. The molecule has 2 heterocycles. The summed E-state index contributed by atoms with van der Waals surface area (Å²) >= 11 is 0. The molecule has 3 aromatic rings. The van der Waals surface area contributed by atoms with Crippen LogP contribution in [0, 0.1) is 6.92 Å². The summed E-state index contributed by atoms with van der Waals surface area (Å²) in [6.07, 6.45) is 1.69. The first-order chi connectivity index (χ1) is 17.0. The van der Waals surface area contributed by atoms with Crippen LogP contribution in [0.1, 0.15) is 32.6 Å². The van der Waals surface area contributed by atoms with E-state index in [4.69, 9.17) is 23.7 Å². The van der Waals surface area contributed by atoms with Gasteiger partial charge in [0.05, 0.1) is 32.5 Å². The van der Waals surface area contributed by atoms with Crippen LogP contribution in [0.5, 0.6) is 28.7 Å². The molecule has 2 aliphatic rings. The van der Waals surface area contributed by atoms with Crippen molar-refractivity contribution < 1.29 is 28.5 Å². The summed E-state index contributed by atoms with van der Waals surface area (Å²) in [5.74, 6) is 2.84. The highest BCUT2D eigenvalue weighted by atomic mass is 16.5. The standard InChI is InChI=1S/C28H27NO6/c1-17-5-7-18(8-6-17)14-29-15-21-22(34-16-29)10-9-20-26(30)23(35-27(20)21)11-19-12-24(31-2)28(33-4)25(13-19)32-3/h5-13H,14-16H2,1-4H3/b23-11-. The SMILES string of the molecule is COc1cc(/C=C2\Oc3c(ccc4c3CN(Cc3ccc(C)cc3)CO4)C2=O)cc(OC)c1OC. The molecule has 0 amide bonds. The van der Waals surface area contributed by atoms with Gasteiger partial charge in [-0.1, -0.05) is 29.8 Å². The Morgan fingerprint density at radius 1 is 0.971 bits per heavy atom. The second-order valence-electron chi connectivity index (χ2n) is 8.56. The van der Waals surface area contributed by atoms with E-state index in [2.05, 4.69) is 36.1 Å². The van der Waals surface area contributed by atoms with Crippen molar-refractivity contribution in [3.8, 4) is 28.7 Å². The normalized spacial score (nSPS) is 15.8. The van der Waals surface area contributed by atoms with Crippen LogP contribution in [-0.4, -0.2) is 38.7 Å². The van der Waals surface area contributed by atoms with Crippen molar-refractivity contribution in [2.75, 3.05) is 28.1 Å². The zero-order chi connectivity index (χ0) is 24.5. The van der Waals surface area contributed by atoms with Gasteiger partial charge in [0.15, 0.2) is 17.3 Å². The van der Waals surface area contributed by atoms with E-state index in [1.54, 1.807) is 45.6 Å². The van der Waals surface area contributed by atoms with Gasteiger partial charge in [0.25, 0.3) is 0 Å². The molecule has 35 heavy (non-hydrogen) atoms. The van der Waals surface area contributed by atoms with Gasteiger partial charge in [0.2, 0.25) is 11.5 Å². The molecule has 0 radical (unpaired) electrons. The number of carbonyl (C=O) groups excluding carboxylic acids is 1. The summed E-state index contributed by atoms with van der Waals surface area (Å²) in [7, 11) is 4.65. The molecule has 7 nitrogen and oxygen atoms in total. The molecule has 7 heteroatoms. The molecule has 0 bridgehead atoms. The van der Waals surface area contributed by atoms with Gasteiger partial charge in [-0.25, -0.2) is 0 Å². The number of aryl methyl sites for hydroxylation is 1. The molecule has 0 aliphatic carbocycles. The Kier molecular flexibility index (Phi) is 6.09. The van der Waals surface area contributed by atoms with Gasteiger partial charge in [0, 0.05) is 13.1 Å². The minimum absolute atomic E-state index is 0.174. The highest BCUT2D eigenvalue weighted by molar-refractivity contribution is 6.15. The molecule has 0 saturated carbocycles. The van der Waals surface area contributed by atoms with E-state index in [0.717, 1.165) is 17.9 Å². The van der Waals surface area contributed by atoms with Crippen molar-refractivity contribution >= 4 is 11.9 Å². The number of allylic oxidation sites excluding steroid dienone is 1. The quantitative estimate of drug-likeness (QED) is 0.467. The molecule has 0 saturated heterocycles. The average molecular weight is 474 g/mol. The summed E-state index contributed by atoms with van der Waals surface area (Å²) < 4.78 is 28.4. The number of ether oxygens (including phenoxy) is 5. The van der Waals surface area contributed by atoms with E-state index < -0.39 is 0 Å². The van der Waals surface area contributed by atoms with Crippen LogP contribution in [-0.2, 0) is 13.1 Å². The van der Waals surface area contributed by atoms with Crippen LogP contribution in [0.25, 0.3) is 6.08 Å². The lowest BCUT2D eigenvalue weighted by Gasteiger charge is -2.29. The van der Waals surface area contributed by atoms with Crippen molar-refractivity contribution in [1.29, 1.82) is 0 Å². The zero-order valence-corrected chi connectivity index (χ0v) is 20.2. The van der Waals surface area contributed by atoms with Crippen LogP contribution in [0.2, 0.25) is 0 Å². The lowest BCUT2D eigenvalue weighted by Crippen LogP contribution is -2.31. The van der Waals surface area contributed by atoms with E-state index >= 15 is 0 Å². The maximum absolute atomic E-state index is 13.2. The minimum atomic E-state index is -0.174. The summed E-state index contributed by atoms with van der Waals surface area (Å²) in [5, 5.41) is 0. The maximum Gasteiger partial charge on any atom is 0.231 e. The Morgan fingerprint density at radius 2 is 1.69 bits per heavy atom. The fourth-order valence-corrected chi connectivity index (χ4v) is 4.39. The van der Waals surface area contributed by atoms with Gasteiger partial charge in [-0.2, -0.15) is 0 Å². The number of ketones is 1. The molecule has 0 aromatic heterocycles. The van der Waals surface area contributed by atoms with Crippen LogP contribution >= 0.6 is 0 Å². The van der Waals surface area contributed by atoms with E-state index in [1.807, 2.05) is 6.07 Å². The predicted molar refractivity (Wildman–Crippen MR) is 131 cm³/mol. The van der Waals surface area contributed by atoms with Crippen LogP contribution in [0.4, 0.5) is 0 Å². The lowest BCUT2D eigenvalue weighted by molar-refractivity contribution is 0.0873. The highest BCUT2D eigenvalue weighted by Crippen LogP contribution is 2.43. The second-order valence-corrected chi connectivity index (χ2v) is 8.56. The number of nitrogens with zero attached hydrogens (tertiary/aromatic N) is 1. The molecule has 0 unspecified atom stereocenters. The van der Waals surface area contributed by atoms with Crippen LogP contribution < -0.4 is 23.7 Å². The monoisotopic (exact) mass is 473 g/mol. The van der Waals surface area contributed by atoms with Gasteiger partial charge in [0.1, 0.15) is 18.2 Å².